The van der Waals surface area contributed by atoms with Crippen LogP contribution in [0.2, 0.25) is 0 Å². The summed E-state index contributed by atoms with van der Waals surface area (Å²) in [4.78, 5) is 5.53. The van der Waals surface area contributed by atoms with Crippen LogP contribution in [0.3, 0.4) is 0 Å². The molecule has 1 unspecified atom stereocenters. The van der Waals surface area contributed by atoms with Crippen LogP contribution in [0.15, 0.2) is 35.8 Å². The van der Waals surface area contributed by atoms with Crippen molar-refractivity contribution >= 4 is 22.9 Å². The van der Waals surface area contributed by atoms with Crippen molar-refractivity contribution in [3.63, 3.8) is 0 Å². The first-order valence-corrected chi connectivity index (χ1v) is 6.17. The molecule has 0 aliphatic rings. The zero-order valence-corrected chi connectivity index (χ0v) is 10.1. The van der Waals surface area contributed by atoms with E-state index in [1.165, 1.54) is 10.4 Å². The van der Waals surface area contributed by atoms with E-state index in [0.29, 0.717) is 0 Å². The Balaban J connectivity index is 2.11. The fourth-order valence-electron chi connectivity index (χ4n) is 1.50. The highest BCUT2D eigenvalue weighted by atomic mass is 35.5. The summed E-state index contributed by atoms with van der Waals surface area (Å²) in [7, 11) is 0. The maximum atomic E-state index is 6.36. The Bertz CT molecular complexity index is 424. The summed E-state index contributed by atoms with van der Waals surface area (Å²) in [5.74, 6) is 0. The topological polar surface area (TPSA) is 12.9 Å². The van der Waals surface area contributed by atoms with Gasteiger partial charge in [-0.1, -0.05) is 6.07 Å². The monoisotopic (exact) mass is 237 g/mol. The Morgan fingerprint density at radius 3 is 2.87 bits per heavy atom. The van der Waals surface area contributed by atoms with Gasteiger partial charge in [0.05, 0.1) is 5.38 Å². The van der Waals surface area contributed by atoms with Crippen LogP contribution in [-0.4, -0.2) is 4.98 Å². The molecule has 0 aliphatic heterocycles. The molecular formula is C12H12ClNS. The molecule has 2 aromatic heterocycles. The fraction of sp³-hybridized carbons (Fsp3) is 0.250. The van der Waals surface area contributed by atoms with Crippen molar-refractivity contribution in [1.82, 2.24) is 4.98 Å². The molecule has 0 N–H and O–H groups in total. The number of hydrogen-bond donors (Lipinski definition) is 0. The molecule has 0 fully saturated rings. The van der Waals surface area contributed by atoms with Crippen molar-refractivity contribution in [3.8, 4) is 0 Å². The van der Waals surface area contributed by atoms with Crippen LogP contribution in [0.25, 0.3) is 0 Å². The van der Waals surface area contributed by atoms with Gasteiger partial charge in [-0.05, 0) is 36.1 Å². The Hall–Kier alpha value is -0.860. The van der Waals surface area contributed by atoms with E-state index in [9.17, 15) is 0 Å². The minimum absolute atomic E-state index is 0.0416. The maximum Gasteiger partial charge on any atom is 0.0736 e. The van der Waals surface area contributed by atoms with Crippen LogP contribution in [0.5, 0.6) is 0 Å². The van der Waals surface area contributed by atoms with Gasteiger partial charge in [0.1, 0.15) is 0 Å². The molecule has 0 radical (unpaired) electrons. The van der Waals surface area contributed by atoms with Crippen molar-refractivity contribution in [3.05, 3.63) is 52.0 Å². The van der Waals surface area contributed by atoms with Gasteiger partial charge >= 0.3 is 0 Å². The van der Waals surface area contributed by atoms with Gasteiger partial charge in [-0.2, -0.15) is 0 Å². The summed E-state index contributed by atoms with van der Waals surface area (Å²) in [5, 5.41) is 2.12. The second-order valence-corrected chi connectivity index (χ2v) is 4.94. The molecule has 0 bridgehead atoms. The molecular weight excluding hydrogens is 226 g/mol. The zero-order chi connectivity index (χ0) is 10.7. The molecule has 0 aliphatic carbocycles. The van der Waals surface area contributed by atoms with Crippen molar-refractivity contribution in [2.24, 2.45) is 0 Å². The first-order valence-electron chi connectivity index (χ1n) is 4.85. The Morgan fingerprint density at radius 1 is 1.40 bits per heavy atom. The van der Waals surface area contributed by atoms with Crippen molar-refractivity contribution < 1.29 is 0 Å². The number of alkyl halides is 1. The quantitative estimate of drug-likeness (QED) is 0.736. The Kier molecular flexibility index (Phi) is 3.39. The van der Waals surface area contributed by atoms with E-state index < -0.39 is 0 Å². The van der Waals surface area contributed by atoms with Gasteiger partial charge < -0.3 is 0 Å². The van der Waals surface area contributed by atoms with Gasteiger partial charge in [0.25, 0.3) is 0 Å². The first-order chi connectivity index (χ1) is 7.27. The van der Waals surface area contributed by atoms with E-state index >= 15 is 0 Å². The molecule has 1 atom stereocenters. The summed E-state index contributed by atoms with van der Waals surface area (Å²) < 4.78 is 0. The Morgan fingerprint density at radius 2 is 2.27 bits per heavy atom. The lowest BCUT2D eigenvalue weighted by Crippen LogP contribution is -1.96. The second-order valence-electron chi connectivity index (χ2n) is 3.46. The first kappa shape index (κ1) is 10.7. The zero-order valence-electron chi connectivity index (χ0n) is 8.48. The summed E-state index contributed by atoms with van der Waals surface area (Å²) >= 11 is 8.07. The number of hydrogen-bond acceptors (Lipinski definition) is 2. The molecule has 3 heteroatoms. The highest BCUT2D eigenvalue weighted by molar-refractivity contribution is 7.10. The summed E-state index contributed by atoms with van der Waals surface area (Å²) in [5.41, 5.74) is 2.32. The van der Waals surface area contributed by atoms with Gasteiger partial charge in [0.15, 0.2) is 0 Å². The van der Waals surface area contributed by atoms with Crippen molar-refractivity contribution in [2.45, 2.75) is 18.7 Å². The SMILES string of the molecule is Cc1ccsc1C(Cl)Cc1ccccn1. The average molecular weight is 238 g/mol. The van der Waals surface area contributed by atoms with Crippen LogP contribution in [0.4, 0.5) is 0 Å². The molecule has 0 saturated carbocycles. The third-order valence-electron chi connectivity index (χ3n) is 2.30. The minimum Gasteiger partial charge on any atom is -0.261 e. The number of rotatable bonds is 3. The fourth-order valence-corrected chi connectivity index (χ4v) is 2.89. The van der Waals surface area contributed by atoms with E-state index in [-0.39, 0.29) is 5.38 Å². The lowest BCUT2D eigenvalue weighted by atomic mass is 10.1. The third kappa shape index (κ3) is 2.58. The van der Waals surface area contributed by atoms with Crippen LogP contribution >= 0.6 is 22.9 Å². The van der Waals surface area contributed by atoms with Crippen molar-refractivity contribution in [2.75, 3.05) is 0 Å². The smallest absolute Gasteiger partial charge is 0.0736 e. The number of nitrogens with zero attached hydrogens (tertiary/aromatic N) is 1. The number of thiophene rings is 1. The summed E-state index contributed by atoms with van der Waals surface area (Å²) in [6, 6.07) is 8.03. The molecule has 78 valence electrons. The number of halogens is 1. The molecule has 15 heavy (non-hydrogen) atoms. The maximum absolute atomic E-state index is 6.36. The molecule has 0 saturated heterocycles. The van der Waals surface area contributed by atoms with E-state index in [0.717, 1.165) is 12.1 Å². The van der Waals surface area contributed by atoms with Crippen LogP contribution in [-0.2, 0) is 6.42 Å². The standard InChI is InChI=1S/C12H12ClNS/c1-9-5-7-15-12(9)11(13)8-10-4-2-3-6-14-10/h2-7,11H,8H2,1H3. The number of aromatic nitrogens is 1. The van der Waals surface area contributed by atoms with E-state index in [1.54, 1.807) is 17.5 Å². The number of pyridine rings is 1. The lowest BCUT2D eigenvalue weighted by molar-refractivity contribution is 0.890. The molecule has 0 amide bonds. The van der Waals surface area contributed by atoms with Crippen molar-refractivity contribution in [1.29, 1.82) is 0 Å². The summed E-state index contributed by atoms with van der Waals surface area (Å²) in [6.07, 6.45) is 2.60. The predicted molar refractivity (Wildman–Crippen MR) is 65.6 cm³/mol. The number of aryl methyl sites for hydroxylation is 1. The predicted octanol–water partition coefficient (Wildman–Crippen LogP) is 3.97. The van der Waals surface area contributed by atoms with E-state index in [4.69, 9.17) is 11.6 Å². The van der Waals surface area contributed by atoms with Gasteiger partial charge in [0, 0.05) is 23.2 Å². The van der Waals surface area contributed by atoms with E-state index in [1.807, 2.05) is 18.2 Å². The molecule has 0 spiro atoms. The largest absolute Gasteiger partial charge is 0.261 e. The second kappa shape index (κ2) is 4.77. The van der Waals surface area contributed by atoms with Crippen LogP contribution < -0.4 is 0 Å². The van der Waals surface area contributed by atoms with Gasteiger partial charge in [-0.25, -0.2) is 0 Å². The third-order valence-corrected chi connectivity index (χ3v) is 3.94. The molecule has 2 heterocycles. The van der Waals surface area contributed by atoms with Crippen LogP contribution in [0, 0.1) is 6.92 Å². The summed E-state index contributed by atoms with van der Waals surface area (Å²) in [6.45, 7) is 2.10. The highest BCUT2D eigenvalue weighted by Crippen LogP contribution is 2.31. The molecule has 2 aromatic rings. The Labute approximate surface area is 98.7 Å². The van der Waals surface area contributed by atoms with Gasteiger partial charge in [0.2, 0.25) is 0 Å². The van der Waals surface area contributed by atoms with Gasteiger partial charge in [-0.15, -0.1) is 22.9 Å². The normalized spacial score (nSPS) is 12.7. The van der Waals surface area contributed by atoms with E-state index in [2.05, 4.69) is 23.4 Å². The average Bonchev–Trinajstić information content (AvgIpc) is 2.66. The van der Waals surface area contributed by atoms with Crippen LogP contribution in [0.1, 0.15) is 21.5 Å². The highest BCUT2D eigenvalue weighted by Gasteiger charge is 2.13. The molecule has 2 rings (SSSR count). The van der Waals surface area contributed by atoms with Gasteiger partial charge in [-0.3, -0.25) is 4.98 Å². The lowest BCUT2D eigenvalue weighted by Gasteiger charge is -2.07. The molecule has 0 aromatic carbocycles. The molecule has 1 nitrogen and oxygen atoms in total. The minimum atomic E-state index is 0.0416.